The summed E-state index contributed by atoms with van der Waals surface area (Å²) >= 11 is 0. The second kappa shape index (κ2) is 5.67. The normalized spacial score (nSPS) is 11.3. The zero-order valence-electron chi connectivity index (χ0n) is 10.5. The number of nitrogens with zero attached hydrogens (tertiary/aromatic N) is 2. The number of urea groups is 1. The van der Waals surface area contributed by atoms with Crippen molar-refractivity contribution in [1.29, 1.82) is 0 Å². The molecular weight excluding hydrogens is 220 g/mol. The SMILES string of the molecule is CNC(=O)NCCc1cn(CC(C)(C)O)cn1. The highest BCUT2D eigenvalue weighted by Crippen LogP contribution is 2.06. The van der Waals surface area contributed by atoms with Gasteiger partial charge in [-0.15, -0.1) is 0 Å². The molecule has 96 valence electrons. The minimum absolute atomic E-state index is 0.194. The summed E-state index contributed by atoms with van der Waals surface area (Å²) in [5, 5.41) is 14.8. The average molecular weight is 240 g/mol. The molecule has 6 nitrogen and oxygen atoms in total. The molecule has 0 radical (unpaired) electrons. The number of aromatic nitrogens is 2. The number of hydrogen-bond acceptors (Lipinski definition) is 3. The predicted molar refractivity (Wildman–Crippen MR) is 64.7 cm³/mol. The number of aliphatic hydroxyl groups is 1. The van der Waals surface area contributed by atoms with Crippen molar-refractivity contribution in [1.82, 2.24) is 20.2 Å². The lowest BCUT2D eigenvalue weighted by atomic mass is 10.1. The van der Waals surface area contributed by atoms with E-state index in [9.17, 15) is 9.90 Å². The molecule has 0 aliphatic rings. The maximum atomic E-state index is 10.9. The molecule has 0 aliphatic heterocycles. The molecule has 0 aliphatic carbocycles. The standard InChI is InChI=1S/C11H20N4O2/c1-11(2,17)7-15-6-9(14-8-15)4-5-13-10(16)12-3/h6,8,17H,4-5,7H2,1-3H3,(H2,12,13,16). The fourth-order valence-electron chi connectivity index (χ4n) is 1.46. The van der Waals surface area contributed by atoms with Crippen LogP contribution >= 0.6 is 0 Å². The van der Waals surface area contributed by atoms with Gasteiger partial charge in [-0.2, -0.15) is 0 Å². The molecule has 0 saturated carbocycles. The molecule has 0 saturated heterocycles. The van der Waals surface area contributed by atoms with Gasteiger partial charge in [0.05, 0.1) is 24.2 Å². The maximum absolute atomic E-state index is 10.9. The molecule has 17 heavy (non-hydrogen) atoms. The molecule has 0 spiro atoms. The number of hydrogen-bond donors (Lipinski definition) is 3. The highest BCUT2D eigenvalue weighted by molar-refractivity contribution is 5.73. The van der Waals surface area contributed by atoms with Crippen molar-refractivity contribution >= 4 is 6.03 Å². The average Bonchev–Trinajstić information content (AvgIpc) is 2.62. The van der Waals surface area contributed by atoms with E-state index in [-0.39, 0.29) is 6.03 Å². The van der Waals surface area contributed by atoms with Crippen LogP contribution in [0.2, 0.25) is 0 Å². The van der Waals surface area contributed by atoms with Gasteiger partial charge in [0.1, 0.15) is 0 Å². The van der Waals surface area contributed by atoms with Crippen molar-refractivity contribution in [2.45, 2.75) is 32.4 Å². The van der Waals surface area contributed by atoms with Gasteiger partial charge in [-0.1, -0.05) is 0 Å². The summed E-state index contributed by atoms with van der Waals surface area (Å²) in [5.74, 6) is 0. The molecule has 0 unspecified atom stereocenters. The van der Waals surface area contributed by atoms with Crippen LogP contribution in [0.5, 0.6) is 0 Å². The number of carbonyl (C=O) groups is 1. The van der Waals surface area contributed by atoms with Gasteiger partial charge in [-0.3, -0.25) is 0 Å². The summed E-state index contributed by atoms with van der Waals surface area (Å²) in [7, 11) is 1.58. The lowest BCUT2D eigenvalue weighted by molar-refractivity contribution is 0.0615. The Morgan fingerprint density at radius 2 is 2.29 bits per heavy atom. The van der Waals surface area contributed by atoms with Crippen LogP contribution in [0, 0.1) is 0 Å². The molecule has 6 heteroatoms. The number of imidazole rings is 1. The summed E-state index contributed by atoms with van der Waals surface area (Å²) in [6.45, 7) is 4.54. The Kier molecular flexibility index (Phi) is 4.51. The second-order valence-corrected chi connectivity index (χ2v) is 4.61. The Morgan fingerprint density at radius 1 is 1.59 bits per heavy atom. The fraction of sp³-hybridized carbons (Fsp3) is 0.636. The van der Waals surface area contributed by atoms with Gasteiger partial charge >= 0.3 is 6.03 Å². The Labute approximate surface area is 101 Å². The summed E-state index contributed by atoms with van der Waals surface area (Å²) in [5.41, 5.74) is 0.142. The zero-order chi connectivity index (χ0) is 12.9. The van der Waals surface area contributed by atoms with E-state index in [2.05, 4.69) is 15.6 Å². The van der Waals surface area contributed by atoms with E-state index in [1.54, 1.807) is 27.2 Å². The Balaban J connectivity index is 2.38. The lowest BCUT2D eigenvalue weighted by Gasteiger charge is -2.16. The Hall–Kier alpha value is -1.56. The van der Waals surface area contributed by atoms with E-state index in [0.29, 0.717) is 19.5 Å². The van der Waals surface area contributed by atoms with Gasteiger partial charge in [-0.05, 0) is 13.8 Å². The first kappa shape index (κ1) is 13.5. The van der Waals surface area contributed by atoms with Crippen molar-refractivity contribution in [2.75, 3.05) is 13.6 Å². The van der Waals surface area contributed by atoms with Gasteiger partial charge in [-0.25, -0.2) is 9.78 Å². The molecular formula is C11H20N4O2. The molecule has 0 atom stereocenters. The van der Waals surface area contributed by atoms with Crippen LogP contribution in [0.1, 0.15) is 19.5 Å². The zero-order valence-corrected chi connectivity index (χ0v) is 10.5. The van der Waals surface area contributed by atoms with Gasteiger partial charge in [0.25, 0.3) is 0 Å². The van der Waals surface area contributed by atoms with Crippen molar-refractivity contribution < 1.29 is 9.90 Å². The first-order valence-electron chi connectivity index (χ1n) is 5.59. The third kappa shape index (κ3) is 5.35. The first-order chi connectivity index (χ1) is 7.90. The summed E-state index contributed by atoms with van der Waals surface area (Å²) in [6.07, 6.45) is 4.24. The van der Waals surface area contributed by atoms with E-state index < -0.39 is 5.60 Å². The van der Waals surface area contributed by atoms with Gasteiger partial charge in [0.15, 0.2) is 0 Å². The van der Waals surface area contributed by atoms with Gasteiger partial charge in [0, 0.05) is 26.2 Å². The van der Waals surface area contributed by atoms with E-state index in [1.807, 2.05) is 10.8 Å². The molecule has 3 N–H and O–H groups in total. The third-order valence-corrected chi connectivity index (χ3v) is 2.15. The monoisotopic (exact) mass is 240 g/mol. The van der Waals surface area contributed by atoms with Crippen LogP contribution in [0.3, 0.4) is 0 Å². The number of rotatable bonds is 5. The molecule has 1 rings (SSSR count). The minimum atomic E-state index is -0.752. The van der Waals surface area contributed by atoms with Crippen molar-refractivity contribution in [3.63, 3.8) is 0 Å². The lowest BCUT2D eigenvalue weighted by Crippen LogP contribution is -2.34. The molecule has 1 aromatic rings. The van der Waals surface area contributed by atoms with Crippen molar-refractivity contribution in [2.24, 2.45) is 0 Å². The molecule has 0 fully saturated rings. The Morgan fingerprint density at radius 3 is 2.88 bits per heavy atom. The topological polar surface area (TPSA) is 79.2 Å². The largest absolute Gasteiger partial charge is 0.389 e. The van der Waals surface area contributed by atoms with Crippen molar-refractivity contribution in [3.8, 4) is 0 Å². The highest BCUT2D eigenvalue weighted by Gasteiger charge is 2.13. The first-order valence-corrected chi connectivity index (χ1v) is 5.59. The molecule has 1 aromatic heterocycles. The van der Waals surface area contributed by atoms with Crippen molar-refractivity contribution in [3.05, 3.63) is 18.2 Å². The van der Waals surface area contributed by atoms with E-state index in [1.165, 1.54) is 0 Å². The molecule has 0 aromatic carbocycles. The number of amides is 2. The maximum Gasteiger partial charge on any atom is 0.314 e. The van der Waals surface area contributed by atoms with Crippen LogP contribution in [0.4, 0.5) is 4.79 Å². The van der Waals surface area contributed by atoms with Gasteiger partial charge in [0.2, 0.25) is 0 Å². The van der Waals surface area contributed by atoms with Crippen LogP contribution in [0.25, 0.3) is 0 Å². The number of nitrogens with one attached hydrogen (secondary N) is 2. The smallest absolute Gasteiger partial charge is 0.314 e. The summed E-state index contributed by atoms with van der Waals surface area (Å²) < 4.78 is 1.84. The molecule has 1 heterocycles. The quantitative estimate of drug-likeness (QED) is 0.684. The Bertz CT molecular complexity index is 368. The third-order valence-electron chi connectivity index (χ3n) is 2.15. The molecule has 0 bridgehead atoms. The van der Waals surface area contributed by atoms with Crippen LogP contribution in [0.15, 0.2) is 12.5 Å². The van der Waals surface area contributed by atoms with E-state index >= 15 is 0 Å². The summed E-state index contributed by atoms with van der Waals surface area (Å²) in [4.78, 5) is 15.1. The summed E-state index contributed by atoms with van der Waals surface area (Å²) in [6, 6.07) is -0.194. The van der Waals surface area contributed by atoms with E-state index in [4.69, 9.17) is 0 Å². The van der Waals surface area contributed by atoms with E-state index in [0.717, 1.165) is 5.69 Å². The molecule has 2 amide bonds. The van der Waals surface area contributed by atoms with Crippen LogP contribution in [-0.2, 0) is 13.0 Å². The number of carbonyl (C=O) groups excluding carboxylic acids is 1. The van der Waals surface area contributed by atoms with Crippen LogP contribution in [-0.4, -0.2) is 39.9 Å². The van der Waals surface area contributed by atoms with Crippen LogP contribution < -0.4 is 10.6 Å². The second-order valence-electron chi connectivity index (χ2n) is 4.61. The fourth-order valence-corrected chi connectivity index (χ4v) is 1.46. The minimum Gasteiger partial charge on any atom is -0.389 e. The highest BCUT2D eigenvalue weighted by atomic mass is 16.3. The van der Waals surface area contributed by atoms with Gasteiger partial charge < -0.3 is 20.3 Å². The predicted octanol–water partition coefficient (Wildman–Crippen LogP) is 0.125.